The lowest BCUT2D eigenvalue weighted by atomic mass is 10.1. The Morgan fingerprint density at radius 1 is 1.21 bits per heavy atom. The van der Waals surface area contributed by atoms with Crippen LogP contribution in [0.2, 0.25) is 0 Å². The van der Waals surface area contributed by atoms with Crippen LogP contribution in [-0.2, 0) is 4.79 Å². The number of amides is 3. The zero-order valence-electron chi connectivity index (χ0n) is 11.1. The summed E-state index contributed by atoms with van der Waals surface area (Å²) in [4.78, 5) is 22.5. The van der Waals surface area contributed by atoms with Gasteiger partial charge in [-0.2, -0.15) is 0 Å². The normalized spacial score (nSPS) is 13.3. The second-order valence-corrected chi connectivity index (χ2v) is 4.07. The molecule has 1 aromatic rings. The molecule has 1 rings (SSSR count). The predicted octanol–water partition coefficient (Wildman–Crippen LogP) is 0.963. The average molecular weight is 266 g/mol. The Balaban J connectivity index is 2.58. The van der Waals surface area contributed by atoms with Gasteiger partial charge in [0.1, 0.15) is 5.75 Å². The minimum Gasteiger partial charge on any atom is -0.481 e. The Morgan fingerprint density at radius 3 is 2.26 bits per heavy atom. The fraction of sp³-hybridized carbons (Fsp3) is 0.385. The third-order valence-corrected chi connectivity index (χ3v) is 2.51. The first-order valence-electron chi connectivity index (χ1n) is 5.91. The molecule has 6 heteroatoms. The molecule has 0 spiro atoms. The highest BCUT2D eigenvalue weighted by atomic mass is 16.5. The first-order valence-corrected chi connectivity index (χ1v) is 5.91. The van der Waals surface area contributed by atoms with Crippen molar-refractivity contribution in [3.63, 3.8) is 0 Å². The number of urea groups is 1. The number of aliphatic hydroxyl groups is 1. The molecule has 0 aromatic heterocycles. The molecule has 2 unspecified atom stereocenters. The largest absolute Gasteiger partial charge is 0.481 e. The molecule has 19 heavy (non-hydrogen) atoms. The van der Waals surface area contributed by atoms with Crippen molar-refractivity contribution in [2.45, 2.75) is 26.1 Å². The molecule has 1 aromatic carbocycles. The third-order valence-electron chi connectivity index (χ3n) is 2.51. The molecular formula is C13H18N2O4. The molecule has 0 aliphatic carbocycles. The van der Waals surface area contributed by atoms with Crippen molar-refractivity contribution < 1.29 is 19.4 Å². The molecule has 0 aliphatic rings. The number of rotatable bonds is 4. The monoisotopic (exact) mass is 266 g/mol. The van der Waals surface area contributed by atoms with Gasteiger partial charge in [0.25, 0.3) is 5.91 Å². The van der Waals surface area contributed by atoms with Crippen molar-refractivity contribution in [2.24, 2.45) is 0 Å². The van der Waals surface area contributed by atoms with Gasteiger partial charge in [0, 0.05) is 7.05 Å². The fourth-order valence-corrected chi connectivity index (χ4v) is 1.36. The summed E-state index contributed by atoms with van der Waals surface area (Å²) < 4.78 is 5.38. The molecule has 3 amide bonds. The molecule has 0 saturated carbocycles. The van der Waals surface area contributed by atoms with Crippen LogP contribution < -0.4 is 15.4 Å². The number of hydrogen-bond acceptors (Lipinski definition) is 4. The second kappa shape index (κ2) is 6.75. The average Bonchev–Trinajstić information content (AvgIpc) is 2.38. The van der Waals surface area contributed by atoms with Crippen molar-refractivity contribution >= 4 is 11.9 Å². The Kier molecular flexibility index (Phi) is 5.32. The van der Waals surface area contributed by atoms with Gasteiger partial charge in [-0.15, -0.1) is 0 Å². The summed E-state index contributed by atoms with van der Waals surface area (Å²) in [6.07, 6.45) is -1.35. The molecule has 3 N–H and O–H groups in total. The summed E-state index contributed by atoms with van der Waals surface area (Å²) in [6, 6.07) is 6.16. The van der Waals surface area contributed by atoms with Crippen LogP contribution >= 0.6 is 0 Å². The summed E-state index contributed by atoms with van der Waals surface area (Å²) >= 11 is 0. The summed E-state index contributed by atoms with van der Waals surface area (Å²) in [5.41, 5.74) is 0.759. The van der Waals surface area contributed by atoms with Crippen LogP contribution in [-0.4, -0.2) is 30.2 Å². The number of benzene rings is 1. The number of imide groups is 1. The van der Waals surface area contributed by atoms with Gasteiger partial charge in [-0.25, -0.2) is 4.79 Å². The van der Waals surface area contributed by atoms with Crippen molar-refractivity contribution in [3.05, 3.63) is 29.8 Å². The number of nitrogens with one attached hydrogen (secondary N) is 2. The van der Waals surface area contributed by atoms with Crippen LogP contribution in [0.4, 0.5) is 4.79 Å². The van der Waals surface area contributed by atoms with Gasteiger partial charge in [-0.3, -0.25) is 10.1 Å². The van der Waals surface area contributed by atoms with Gasteiger partial charge in [0.15, 0.2) is 6.10 Å². The summed E-state index contributed by atoms with van der Waals surface area (Å²) in [5, 5.41) is 13.8. The number of carbonyl (C=O) groups is 2. The van der Waals surface area contributed by atoms with E-state index < -0.39 is 24.1 Å². The zero-order chi connectivity index (χ0) is 14.4. The van der Waals surface area contributed by atoms with Gasteiger partial charge in [-0.05, 0) is 31.5 Å². The highest BCUT2D eigenvalue weighted by molar-refractivity contribution is 5.96. The molecule has 0 heterocycles. The van der Waals surface area contributed by atoms with E-state index in [1.165, 1.54) is 7.05 Å². The summed E-state index contributed by atoms with van der Waals surface area (Å²) in [5.74, 6) is -0.0390. The lowest BCUT2D eigenvalue weighted by Crippen LogP contribution is -2.43. The van der Waals surface area contributed by atoms with Crippen LogP contribution in [0.25, 0.3) is 0 Å². The van der Waals surface area contributed by atoms with Crippen LogP contribution in [0.3, 0.4) is 0 Å². The minimum absolute atomic E-state index is 0.490. The van der Waals surface area contributed by atoms with E-state index in [1.807, 2.05) is 0 Å². The maximum Gasteiger partial charge on any atom is 0.321 e. The number of aliphatic hydroxyl groups excluding tert-OH is 1. The Hall–Kier alpha value is -2.08. The van der Waals surface area contributed by atoms with E-state index in [1.54, 1.807) is 38.1 Å². The van der Waals surface area contributed by atoms with Crippen molar-refractivity contribution in [1.82, 2.24) is 10.6 Å². The van der Waals surface area contributed by atoms with Crippen LogP contribution in [0, 0.1) is 0 Å². The topological polar surface area (TPSA) is 87.7 Å². The molecule has 6 nitrogen and oxygen atoms in total. The van der Waals surface area contributed by atoms with E-state index in [4.69, 9.17) is 4.74 Å². The quantitative estimate of drug-likeness (QED) is 0.757. The minimum atomic E-state index is -0.797. The molecule has 0 fully saturated rings. The van der Waals surface area contributed by atoms with Gasteiger partial charge in [0.05, 0.1) is 6.10 Å². The van der Waals surface area contributed by atoms with Gasteiger partial charge in [0.2, 0.25) is 0 Å². The molecule has 0 saturated heterocycles. The lowest BCUT2D eigenvalue weighted by molar-refractivity contribution is -0.126. The molecule has 104 valence electrons. The number of hydrogen-bond donors (Lipinski definition) is 3. The highest BCUT2D eigenvalue weighted by Crippen LogP contribution is 2.18. The van der Waals surface area contributed by atoms with Crippen molar-refractivity contribution in [3.8, 4) is 5.75 Å². The SMILES string of the molecule is CNC(=O)NC(=O)C(C)Oc1ccc(C(C)O)cc1. The third kappa shape index (κ3) is 4.59. The maximum absolute atomic E-state index is 11.6. The van der Waals surface area contributed by atoms with Crippen molar-refractivity contribution in [1.29, 1.82) is 0 Å². The Morgan fingerprint density at radius 2 is 1.79 bits per heavy atom. The van der Waals surface area contributed by atoms with Gasteiger partial charge in [-0.1, -0.05) is 12.1 Å². The fourth-order valence-electron chi connectivity index (χ4n) is 1.36. The van der Waals surface area contributed by atoms with E-state index in [9.17, 15) is 14.7 Å². The molecular weight excluding hydrogens is 248 g/mol. The molecule has 0 radical (unpaired) electrons. The summed E-state index contributed by atoms with van der Waals surface area (Å²) in [6.45, 7) is 3.20. The highest BCUT2D eigenvalue weighted by Gasteiger charge is 2.16. The Bertz CT molecular complexity index is 442. The predicted molar refractivity (Wildman–Crippen MR) is 69.8 cm³/mol. The lowest BCUT2D eigenvalue weighted by Gasteiger charge is -2.14. The molecule has 0 bridgehead atoms. The number of ether oxygens (including phenoxy) is 1. The second-order valence-electron chi connectivity index (χ2n) is 4.07. The maximum atomic E-state index is 11.6. The first-order chi connectivity index (χ1) is 8.93. The Labute approximate surface area is 111 Å². The summed E-state index contributed by atoms with van der Waals surface area (Å²) in [7, 11) is 1.42. The van der Waals surface area contributed by atoms with Gasteiger partial charge >= 0.3 is 6.03 Å². The van der Waals surface area contributed by atoms with Crippen molar-refractivity contribution in [2.75, 3.05) is 7.05 Å². The van der Waals surface area contributed by atoms with Gasteiger partial charge < -0.3 is 15.2 Å². The number of carbonyl (C=O) groups excluding carboxylic acids is 2. The van der Waals surface area contributed by atoms with Crippen LogP contribution in [0.15, 0.2) is 24.3 Å². The van der Waals surface area contributed by atoms with E-state index in [0.29, 0.717) is 5.75 Å². The first kappa shape index (κ1) is 15.0. The van der Waals surface area contributed by atoms with E-state index in [2.05, 4.69) is 10.6 Å². The van der Waals surface area contributed by atoms with Crippen LogP contribution in [0.1, 0.15) is 25.5 Å². The van der Waals surface area contributed by atoms with E-state index in [0.717, 1.165) is 5.56 Å². The van der Waals surface area contributed by atoms with E-state index in [-0.39, 0.29) is 0 Å². The molecule has 2 atom stereocenters. The van der Waals surface area contributed by atoms with E-state index >= 15 is 0 Å². The zero-order valence-corrected chi connectivity index (χ0v) is 11.1. The standard InChI is InChI=1S/C13H18N2O4/c1-8(16)10-4-6-11(7-5-10)19-9(2)12(17)15-13(18)14-3/h4-9,16H,1-3H3,(H2,14,15,17,18). The molecule has 0 aliphatic heterocycles. The smallest absolute Gasteiger partial charge is 0.321 e. The van der Waals surface area contributed by atoms with Crippen LogP contribution in [0.5, 0.6) is 5.75 Å².